The Morgan fingerprint density at radius 3 is 2.53 bits per heavy atom. The summed E-state index contributed by atoms with van der Waals surface area (Å²) in [6.45, 7) is 4.60. The first-order valence-corrected chi connectivity index (χ1v) is 4.96. The zero-order valence-electron chi connectivity index (χ0n) is 9.29. The average Bonchev–Trinajstić information content (AvgIpc) is 2.12. The molecule has 0 rings (SSSR count). The van der Waals surface area contributed by atoms with Gasteiger partial charge in [-0.25, -0.2) is 0 Å². The number of aliphatic imine (C=N–C) groups is 1. The number of hydrogen-bond acceptors (Lipinski definition) is 3. The smallest absolute Gasteiger partial charge is 0.323 e. The fourth-order valence-electron chi connectivity index (χ4n) is 1.30. The maximum atomic E-state index is 11.0. The van der Waals surface area contributed by atoms with Crippen LogP contribution >= 0.6 is 0 Å². The van der Waals surface area contributed by atoms with E-state index >= 15 is 0 Å². The lowest BCUT2D eigenvalue weighted by Crippen LogP contribution is -2.49. The van der Waals surface area contributed by atoms with Crippen molar-refractivity contribution < 1.29 is 9.90 Å². The van der Waals surface area contributed by atoms with Gasteiger partial charge in [-0.05, 0) is 26.3 Å². The second kappa shape index (κ2) is 6.23. The molecule has 0 aromatic rings. The minimum atomic E-state index is -0.895. The third kappa shape index (κ3) is 5.21. The monoisotopic (exact) mass is 216 g/mol. The SMILES string of the molecule is CCN[C@@](C)(CCCN=C(N)N)C(=O)O. The van der Waals surface area contributed by atoms with Gasteiger partial charge in [-0.2, -0.15) is 0 Å². The third-order valence-corrected chi connectivity index (χ3v) is 2.17. The quantitative estimate of drug-likeness (QED) is 0.260. The molecule has 0 aromatic heterocycles. The van der Waals surface area contributed by atoms with Crippen molar-refractivity contribution in [3.8, 4) is 0 Å². The summed E-state index contributed by atoms with van der Waals surface area (Å²) in [6, 6.07) is 0. The van der Waals surface area contributed by atoms with Crippen molar-refractivity contribution in [2.24, 2.45) is 16.5 Å². The highest BCUT2D eigenvalue weighted by Gasteiger charge is 2.30. The van der Waals surface area contributed by atoms with Crippen molar-refractivity contribution in [3.05, 3.63) is 0 Å². The molecule has 0 saturated heterocycles. The first-order valence-electron chi connectivity index (χ1n) is 4.96. The Balaban J connectivity index is 4.08. The van der Waals surface area contributed by atoms with Crippen LogP contribution in [0.2, 0.25) is 0 Å². The molecule has 6 nitrogen and oxygen atoms in total. The molecule has 1 atom stereocenters. The predicted molar refractivity (Wildman–Crippen MR) is 59.6 cm³/mol. The molecule has 6 heteroatoms. The number of nitrogens with one attached hydrogen (secondary N) is 1. The Bertz CT molecular complexity index is 238. The number of nitrogens with two attached hydrogens (primary N) is 2. The van der Waals surface area contributed by atoms with E-state index in [0.29, 0.717) is 25.9 Å². The minimum absolute atomic E-state index is 0.0375. The van der Waals surface area contributed by atoms with E-state index in [1.54, 1.807) is 6.92 Å². The van der Waals surface area contributed by atoms with Gasteiger partial charge < -0.3 is 21.9 Å². The fraction of sp³-hybridized carbons (Fsp3) is 0.778. The number of aliphatic carboxylic acids is 1. The van der Waals surface area contributed by atoms with Crippen molar-refractivity contribution in [2.45, 2.75) is 32.2 Å². The highest BCUT2D eigenvalue weighted by atomic mass is 16.4. The van der Waals surface area contributed by atoms with Crippen LogP contribution in [0.3, 0.4) is 0 Å². The van der Waals surface area contributed by atoms with Crippen molar-refractivity contribution in [1.82, 2.24) is 5.32 Å². The van der Waals surface area contributed by atoms with E-state index in [2.05, 4.69) is 10.3 Å². The first kappa shape index (κ1) is 13.7. The summed E-state index contributed by atoms with van der Waals surface area (Å²) in [5.41, 5.74) is 9.42. The molecule has 0 heterocycles. The van der Waals surface area contributed by atoms with Crippen LogP contribution in [0.4, 0.5) is 0 Å². The summed E-state index contributed by atoms with van der Waals surface area (Å²) >= 11 is 0. The molecule has 0 saturated carbocycles. The van der Waals surface area contributed by atoms with Crippen LogP contribution < -0.4 is 16.8 Å². The van der Waals surface area contributed by atoms with Crippen molar-refractivity contribution in [3.63, 3.8) is 0 Å². The van der Waals surface area contributed by atoms with Crippen LogP contribution in [-0.4, -0.2) is 35.7 Å². The zero-order valence-corrected chi connectivity index (χ0v) is 9.29. The topological polar surface area (TPSA) is 114 Å². The van der Waals surface area contributed by atoms with Gasteiger partial charge in [-0.15, -0.1) is 0 Å². The molecule has 0 fully saturated rings. The lowest BCUT2D eigenvalue weighted by atomic mass is 9.96. The van der Waals surface area contributed by atoms with E-state index in [4.69, 9.17) is 16.6 Å². The van der Waals surface area contributed by atoms with E-state index in [1.165, 1.54) is 0 Å². The van der Waals surface area contributed by atoms with E-state index < -0.39 is 11.5 Å². The second-order valence-corrected chi connectivity index (χ2v) is 3.58. The maximum absolute atomic E-state index is 11.0. The Kier molecular flexibility index (Phi) is 5.69. The fourth-order valence-corrected chi connectivity index (χ4v) is 1.30. The first-order chi connectivity index (χ1) is 6.92. The van der Waals surface area contributed by atoms with Gasteiger partial charge in [0, 0.05) is 6.54 Å². The molecule has 0 unspecified atom stereocenters. The van der Waals surface area contributed by atoms with Gasteiger partial charge in [0.05, 0.1) is 0 Å². The molecule has 0 bridgehead atoms. The number of carbonyl (C=O) groups is 1. The van der Waals surface area contributed by atoms with E-state index in [9.17, 15) is 4.79 Å². The number of hydrogen-bond donors (Lipinski definition) is 4. The molecular weight excluding hydrogens is 196 g/mol. The number of guanidine groups is 1. The van der Waals surface area contributed by atoms with Crippen molar-refractivity contribution in [1.29, 1.82) is 0 Å². The maximum Gasteiger partial charge on any atom is 0.323 e. The number of carboxylic acids is 1. The molecule has 0 aliphatic heterocycles. The minimum Gasteiger partial charge on any atom is -0.480 e. The largest absolute Gasteiger partial charge is 0.480 e. The van der Waals surface area contributed by atoms with Crippen molar-refractivity contribution in [2.75, 3.05) is 13.1 Å². The second-order valence-electron chi connectivity index (χ2n) is 3.58. The molecular formula is C9H20N4O2. The van der Waals surface area contributed by atoms with Gasteiger partial charge in [0.1, 0.15) is 5.54 Å². The normalized spacial score (nSPS) is 14.3. The molecule has 6 N–H and O–H groups in total. The van der Waals surface area contributed by atoms with Crippen molar-refractivity contribution >= 4 is 11.9 Å². The molecule has 0 radical (unpaired) electrons. The summed E-state index contributed by atoms with van der Waals surface area (Å²) in [7, 11) is 0. The van der Waals surface area contributed by atoms with Crippen LogP contribution in [0.1, 0.15) is 26.7 Å². The molecule has 88 valence electrons. The van der Waals surface area contributed by atoms with Crippen LogP contribution in [-0.2, 0) is 4.79 Å². The number of carboxylic acid groups (broad SMARTS) is 1. The molecule has 0 aromatic carbocycles. The summed E-state index contributed by atoms with van der Waals surface area (Å²) in [5, 5.41) is 12.0. The van der Waals surface area contributed by atoms with Gasteiger partial charge in [-0.3, -0.25) is 9.79 Å². The average molecular weight is 216 g/mol. The van der Waals surface area contributed by atoms with E-state index in [1.807, 2.05) is 6.92 Å². The lowest BCUT2D eigenvalue weighted by Gasteiger charge is -2.25. The van der Waals surface area contributed by atoms with Gasteiger partial charge in [0.25, 0.3) is 0 Å². The standard InChI is InChI=1S/C9H20N4O2/c1-3-13-9(2,7(14)15)5-4-6-12-8(10)11/h13H,3-6H2,1-2H3,(H,14,15)(H4,10,11,12)/t9-/m0/s1. The highest BCUT2D eigenvalue weighted by Crippen LogP contribution is 2.12. The predicted octanol–water partition coefficient (Wildman–Crippen LogP) is -0.507. The molecule has 0 amide bonds. The van der Waals surface area contributed by atoms with Gasteiger partial charge in [-0.1, -0.05) is 6.92 Å². The van der Waals surface area contributed by atoms with Gasteiger partial charge >= 0.3 is 5.97 Å². The number of likely N-dealkylation sites (N-methyl/N-ethyl adjacent to an activating group) is 1. The zero-order chi connectivity index (χ0) is 11.9. The van der Waals surface area contributed by atoms with Crippen LogP contribution in [0.5, 0.6) is 0 Å². The third-order valence-electron chi connectivity index (χ3n) is 2.17. The van der Waals surface area contributed by atoms with E-state index in [-0.39, 0.29) is 5.96 Å². The van der Waals surface area contributed by atoms with Crippen LogP contribution in [0.25, 0.3) is 0 Å². The Morgan fingerprint density at radius 1 is 1.53 bits per heavy atom. The number of rotatable bonds is 7. The summed E-state index contributed by atoms with van der Waals surface area (Å²) in [6.07, 6.45) is 1.13. The molecule has 0 aliphatic rings. The Morgan fingerprint density at radius 2 is 2.13 bits per heavy atom. The van der Waals surface area contributed by atoms with Crippen LogP contribution in [0, 0.1) is 0 Å². The summed E-state index contributed by atoms with van der Waals surface area (Å²) in [5.74, 6) is -0.815. The molecule has 0 spiro atoms. The Labute approximate surface area is 89.7 Å². The lowest BCUT2D eigenvalue weighted by molar-refractivity contribution is -0.144. The Hall–Kier alpha value is -1.30. The van der Waals surface area contributed by atoms with Crippen LogP contribution in [0.15, 0.2) is 4.99 Å². The summed E-state index contributed by atoms with van der Waals surface area (Å²) in [4.78, 5) is 14.8. The van der Waals surface area contributed by atoms with Gasteiger partial charge in [0.15, 0.2) is 5.96 Å². The molecule has 15 heavy (non-hydrogen) atoms. The summed E-state index contributed by atoms with van der Waals surface area (Å²) < 4.78 is 0. The van der Waals surface area contributed by atoms with E-state index in [0.717, 1.165) is 0 Å². The molecule has 0 aliphatic carbocycles. The highest BCUT2D eigenvalue weighted by molar-refractivity contribution is 5.78. The number of nitrogens with zero attached hydrogens (tertiary/aromatic N) is 1. The van der Waals surface area contributed by atoms with Gasteiger partial charge in [0.2, 0.25) is 0 Å².